The van der Waals surface area contributed by atoms with E-state index in [4.69, 9.17) is 4.74 Å². The van der Waals surface area contributed by atoms with E-state index >= 15 is 0 Å². The lowest BCUT2D eigenvalue weighted by molar-refractivity contribution is 0.0594. The SMILES string of the molecule is CCOc1ccccc1NC(=O)N(Cc1nc(C(=O)OC)cs1)C1CC1. The molecule has 0 bridgehead atoms. The second kappa shape index (κ2) is 8.18. The molecule has 0 radical (unpaired) electrons. The molecule has 0 saturated heterocycles. The molecule has 1 heterocycles. The molecule has 1 fully saturated rings. The quantitative estimate of drug-likeness (QED) is 0.749. The summed E-state index contributed by atoms with van der Waals surface area (Å²) in [6.45, 7) is 2.78. The summed E-state index contributed by atoms with van der Waals surface area (Å²) < 4.78 is 10.2. The number of carbonyl (C=O) groups is 2. The van der Waals surface area contributed by atoms with E-state index in [2.05, 4.69) is 15.0 Å². The molecule has 1 aromatic heterocycles. The summed E-state index contributed by atoms with van der Waals surface area (Å²) in [6, 6.07) is 7.34. The first-order valence-corrected chi connectivity index (χ1v) is 9.32. The van der Waals surface area contributed by atoms with Crippen molar-refractivity contribution in [1.82, 2.24) is 9.88 Å². The van der Waals surface area contributed by atoms with E-state index in [-0.39, 0.29) is 17.8 Å². The number of para-hydroxylation sites is 2. The molecule has 1 aliphatic carbocycles. The summed E-state index contributed by atoms with van der Waals surface area (Å²) >= 11 is 1.34. The first-order chi connectivity index (χ1) is 12.6. The Morgan fingerprint density at radius 2 is 2.12 bits per heavy atom. The van der Waals surface area contributed by atoms with Crippen LogP contribution in [0.5, 0.6) is 5.75 Å². The Balaban J connectivity index is 1.71. The highest BCUT2D eigenvalue weighted by atomic mass is 32.1. The van der Waals surface area contributed by atoms with Crippen molar-refractivity contribution in [3.63, 3.8) is 0 Å². The van der Waals surface area contributed by atoms with Crippen LogP contribution in [0.15, 0.2) is 29.6 Å². The van der Waals surface area contributed by atoms with Crippen LogP contribution in [0.3, 0.4) is 0 Å². The molecule has 7 nitrogen and oxygen atoms in total. The third-order valence-corrected chi connectivity index (χ3v) is 4.76. The number of anilines is 1. The highest BCUT2D eigenvalue weighted by Gasteiger charge is 2.33. The van der Waals surface area contributed by atoms with Crippen molar-refractivity contribution < 1.29 is 19.1 Å². The smallest absolute Gasteiger partial charge is 0.357 e. The second-order valence-corrected chi connectivity index (χ2v) is 6.78. The third kappa shape index (κ3) is 4.32. The Hall–Kier alpha value is -2.61. The van der Waals surface area contributed by atoms with Crippen LogP contribution < -0.4 is 10.1 Å². The second-order valence-electron chi connectivity index (χ2n) is 5.84. The molecular weight excluding hydrogens is 354 g/mol. The zero-order valence-electron chi connectivity index (χ0n) is 14.7. The van der Waals surface area contributed by atoms with E-state index in [9.17, 15) is 9.59 Å². The molecule has 3 rings (SSSR count). The molecule has 0 unspecified atom stereocenters. The Labute approximate surface area is 155 Å². The number of esters is 1. The van der Waals surface area contributed by atoms with Gasteiger partial charge >= 0.3 is 12.0 Å². The minimum atomic E-state index is -0.472. The fraction of sp³-hybridized carbons (Fsp3) is 0.389. The lowest BCUT2D eigenvalue weighted by Gasteiger charge is -2.22. The van der Waals surface area contributed by atoms with Crippen molar-refractivity contribution in [2.45, 2.75) is 32.4 Å². The zero-order chi connectivity index (χ0) is 18.5. The van der Waals surface area contributed by atoms with Gasteiger partial charge < -0.3 is 19.7 Å². The lowest BCUT2D eigenvalue weighted by atomic mass is 10.3. The topological polar surface area (TPSA) is 80.8 Å². The molecule has 1 saturated carbocycles. The van der Waals surface area contributed by atoms with Gasteiger partial charge in [-0.15, -0.1) is 11.3 Å². The Bertz CT molecular complexity index is 788. The fourth-order valence-corrected chi connectivity index (χ4v) is 3.28. The van der Waals surface area contributed by atoms with Crippen LogP contribution in [0.1, 0.15) is 35.3 Å². The number of ether oxygens (including phenoxy) is 2. The maximum absolute atomic E-state index is 12.8. The van der Waals surface area contributed by atoms with Gasteiger partial charge in [-0.1, -0.05) is 12.1 Å². The molecule has 2 aromatic rings. The first-order valence-electron chi connectivity index (χ1n) is 8.44. The number of hydrogen-bond acceptors (Lipinski definition) is 6. The maximum Gasteiger partial charge on any atom is 0.357 e. The van der Waals surface area contributed by atoms with E-state index in [1.54, 1.807) is 10.3 Å². The van der Waals surface area contributed by atoms with Gasteiger partial charge in [0.2, 0.25) is 0 Å². The van der Waals surface area contributed by atoms with E-state index in [1.807, 2.05) is 31.2 Å². The fourth-order valence-electron chi connectivity index (χ4n) is 2.52. The van der Waals surface area contributed by atoms with Crippen LogP contribution in [0.2, 0.25) is 0 Å². The Morgan fingerprint density at radius 3 is 2.81 bits per heavy atom. The predicted molar refractivity (Wildman–Crippen MR) is 98.6 cm³/mol. The third-order valence-electron chi connectivity index (χ3n) is 3.93. The minimum Gasteiger partial charge on any atom is -0.492 e. The number of urea groups is 1. The number of thiazole rings is 1. The summed E-state index contributed by atoms with van der Waals surface area (Å²) in [4.78, 5) is 30.4. The summed E-state index contributed by atoms with van der Waals surface area (Å²) in [7, 11) is 1.32. The van der Waals surface area contributed by atoms with Crippen molar-refractivity contribution in [2.75, 3.05) is 19.0 Å². The number of aromatic nitrogens is 1. The van der Waals surface area contributed by atoms with E-state index in [1.165, 1.54) is 18.4 Å². The number of nitrogens with zero attached hydrogens (tertiary/aromatic N) is 2. The first kappa shape index (κ1) is 18.2. The van der Waals surface area contributed by atoms with Gasteiger partial charge in [0, 0.05) is 11.4 Å². The van der Waals surface area contributed by atoms with Gasteiger partial charge in [0.1, 0.15) is 10.8 Å². The maximum atomic E-state index is 12.8. The van der Waals surface area contributed by atoms with E-state index in [0.29, 0.717) is 29.6 Å². The normalized spacial score (nSPS) is 13.2. The van der Waals surface area contributed by atoms with Crippen LogP contribution in [0.4, 0.5) is 10.5 Å². The van der Waals surface area contributed by atoms with Crippen LogP contribution in [-0.2, 0) is 11.3 Å². The van der Waals surface area contributed by atoms with Crippen molar-refractivity contribution in [3.8, 4) is 5.75 Å². The zero-order valence-corrected chi connectivity index (χ0v) is 15.5. The summed E-state index contributed by atoms with van der Waals surface area (Å²) in [5.41, 5.74) is 0.907. The molecule has 0 atom stereocenters. The Kier molecular flexibility index (Phi) is 5.72. The lowest BCUT2D eigenvalue weighted by Crippen LogP contribution is -2.36. The van der Waals surface area contributed by atoms with Gasteiger partial charge in [-0.3, -0.25) is 0 Å². The average molecular weight is 375 g/mol. The van der Waals surface area contributed by atoms with Gasteiger partial charge in [0.25, 0.3) is 0 Å². The highest BCUT2D eigenvalue weighted by molar-refractivity contribution is 7.09. The van der Waals surface area contributed by atoms with Crippen molar-refractivity contribution >= 4 is 29.0 Å². The molecule has 8 heteroatoms. The monoisotopic (exact) mass is 375 g/mol. The van der Waals surface area contributed by atoms with Crippen LogP contribution in [-0.4, -0.2) is 41.6 Å². The number of methoxy groups -OCH3 is 1. The molecule has 0 aliphatic heterocycles. The molecular formula is C18H21N3O4S. The standard InChI is InChI=1S/C18H21N3O4S/c1-3-25-15-7-5-4-6-13(15)20-18(23)21(12-8-9-12)10-16-19-14(11-26-16)17(22)24-2/h4-7,11-12H,3,8-10H2,1-2H3,(H,20,23). The van der Waals surface area contributed by atoms with Gasteiger partial charge in [0.05, 0.1) is 25.9 Å². The number of benzene rings is 1. The summed E-state index contributed by atoms with van der Waals surface area (Å²) in [5.74, 6) is 0.168. The molecule has 2 amide bonds. The Morgan fingerprint density at radius 1 is 1.35 bits per heavy atom. The highest BCUT2D eigenvalue weighted by Crippen LogP contribution is 2.31. The summed E-state index contributed by atoms with van der Waals surface area (Å²) in [5, 5.41) is 5.27. The predicted octanol–water partition coefficient (Wildman–Crippen LogP) is 3.52. The van der Waals surface area contributed by atoms with Crippen LogP contribution in [0.25, 0.3) is 0 Å². The largest absolute Gasteiger partial charge is 0.492 e. The van der Waals surface area contributed by atoms with E-state index < -0.39 is 5.97 Å². The van der Waals surface area contributed by atoms with Crippen molar-refractivity contribution in [1.29, 1.82) is 0 Å². The van der Waals surface area contributed by atoms with Crippen LogP contribution >= 0.6 is 11.3 Å². The molecule has 0 spiro atoms. The molecule has 1 aliphatic rings. The number of nitrogens with one attached hydrogen (secondary N) is 1. The molecule has 138 valence electrons. The van der Waals surface area contributed by atoms with Crippen molar-refractivity contribution in [2.24, 2.45) is 0 Å². The molecule has 1 aromatic carbocycles. The van der Waals surface area contributed by atoms with Gasteiger partial charge in [-0.2, -0.15) is 0 Å². The van der Waals surface area contributed by atoms with Gasteiger partial charge in [-0.25, -0.2) is 14.6 Å². The molecule has 26 heavy (non-hydrogen) atoms. The van der Waals surface area contributed by atoms with Crippen molar-refractivity contribution in [3.05, 3.63) is 40.3 Å². The number of rotatable bonds is 7. The number of hydrogen-bond donors (Lipinski definition) is 1. The minimum absolute atomic E-state index is 0.194. The summed E-state index contributed by atoms with van der Waals surface area (Å²) in [6.07, 6.45) is 1.94. The number of amides is 2. The average Bonchev–Trinajstić information content (AvgIpc) is 3.38. The van der Waals surface area contributed by atoms with Crippen LogP contribution in [0, 0.1) is 0 Å². The van der Waals surface area contributed by atoms with Gasteiger partial charge in [0.15, 0.2) is 5.69 Å². The molecule has 1 N–H and O–H groups in total. The van der Waals surface area contributed by atoms with E-state index in [0.717, 1.165) is 12.8 Å². The number of carbonyl (C=O) groups excluding carboxylic acids is 2. The van der Waals surface area contributed by atoms with Gasteiger partial charge in [-0.05, 0) is 31.9 Å².